The highest BCUT2D eigenvalue weighted by molar-refractivity contribution is 5.68. The van der Waals surface area contributed by atoms with E-state index >= 15 is 0 Å². The van der Waals surface area contributed by atoms with Crippen molar-refractivity contribution in [2.45, 2.75) is 58.0 Å². The molecule has 4 heteroatoms. The fraction of sp³-hybridized carbons (Fsp3) is 0.909. The van der Waals surface area contributed by atoms with Crippen LogP contribution in [0.15, 0.2) is 0 Å². The Balaban J connectivity index is 3.14. The van der Waals surface area contributed by atoms with Crippen molar-refractivity contribution in [2.24, 2.45) is 0 Å². The van der Waals surface area contributed by atoms with Crippen LogP contribution in [0.25, 0.3) is 0 Å². The highest BCUT2D eigenvalue weighted by Gasteiger charge is 2.02. The fourth-order valence-electron chi connectivity index (χ4n) is 1.37. The van der Waals surface area contributed by atoms with Crippen LogP contribution >= 0.6 is 0 Å². The molecular weight excluding hydrogens is 194 g/mol. The first-order chi connectivity index (χ1) is 7.20. The van der Waals surface area contributed by atoms with Crippen molar-refractivity contribution in [1.82, 2.24) is 5.48 Å². The molecule has 0 aromatic heterocycles. The highest BCUT2D eigenvalue weighted by atomic mass is 16.7. The molecule has 4 nitrogen and oxygen atoms in total. The summed E-state index contributed by atoms with van der Waals surface area (Å²) in [6.45, 7) is 1.98. The van der Waals surface area contributed by atoms with Gasteiger partial charge in [0.05, 0.1) is 6.10 Å². The summed E-state index contributed by atoms with van der Waals surface area (Å²) in [7, 11) is 1.57. The van der Waals surface area contributed by atoms with E-state index < -0.39 is 0 Å². The monoisotopic (exact) mass is 217 g/mol. The predicted molar refractivity (Wildman–Crippen MR) is 59.2 cm³/mol. The lowest BCUT2D eigenvalue weighted by atomic mass is 10.1. The molecule has 0 aromatic carbocycles. The summed E-state index contributed by atoms with van der Waals surface area (Å²) in [6, 6.07) is 0. The predicted octanol–water partition coefficient (Wildman–Crippen LogP) is 1.78. The fourth-order valence-corrected chi connectivity index (χ4v) is 1.37. The van der Waals surface area contributed by atoms with Gasteiger partial charge in [0.15, 0.2) is 0 Å². The van der Waals surface area contributed by atoms with Gasteiger partial charge in [0.25, 0.3) is 0 Å². The summed E-state index contributed by atoms with van der Waals surface area (Å²) >= 11 is 0. The molecule has 0 fully saturated rings. The van der Waals surface area contributed by atoms with E-state index in [1.165, 1.54) is 0 Å². The van der Waals surface area contributed by atoms with Crippen LogP contribution in [0.4, 0.5) is 0 Å². The summed E-state index contributed by atoms with van der Waals surface area (Å²) in [4.78, 5) is 15.5. The maximum Gasteiger partial charge on any atom is 0.324 e. The molecule has 0 saturated carbocycles. The zero-order valence-electron chi connectivity index (χ0n) is 9.79. The van der Waals surface area contributed by atoms with Crippen molar-refractivity contribution in [2.75, 3.05) is 7.05 Å². The van der Waals surface area contributed by atoms with Gasteiger partial charge in [-0.2, -0.15) is 5.48 Å². The lowest BCUT2D eigenvalue weighted by molar-refractivity contribution is -0.150. The van der Waals surface area contributed by atoms with Crippen LogP contribution in [0.5, 0.6) is 0 Å². The molecule has 0 rings (SSSR count). The van der Waals surface area contributed by atoms with E-state index in [1.54, 1.807) is 7.05 Å². The molecule has 0 radical (unpaired) electrons. The number of aliphatic hydroxyl groups excluding tert-OH is 1. The summed E-state index contributed by atoms with van der Waals surface area (Å²) in [5.74, 6) is -0.203. The molecule has 0 aliphatic rings. The molecule has 1 atom stereocenters. The maximum absolute atomic E-state index is 10.9. The van der Waals surface area contributed by atoms with E-state index in [4.69, 9.17) is 0 Å². The van der Waals surface area contributed by atoms with Gasteiger partial charge in [0.2, 0.25) is 0 Å². The first-order valence-corrected chi connectivity index (χ1v) is 5.75. The highest BCUT2D eigenvalue weighted by Crippen LogP contribution is 2.09. The minimum atomic E-state index is -0.203. The normalized spacial score (nSPS) is 12.5. The maximum atomic E-state index is 10.9. The second-order valence-electron chi connectivity index (χ2n) is 3.69. The number of rotatable bonds is 9. The van der Waals surface area contributed by atoms with Gasteiger partial charge in [-0.25, -0.2) is 0 Å². The smallest absolute Gasteiger partial charge is 0.324 e. The summed E-state index contributed by atoms with van der Waals surface area (Å²) in [6.07, 6.45) is 6.01. The van der Waals surface area contributed by atoms with Crippen molar-refractivity contribution >= 4 is 5.97 Å². The minimum absolute atomic E-state index is 0.153. The number of hydroxylamine groups is 1. The molecule has 0 aliphatic heterocycles. The number of hydrogen-bond acceptors (Lipinski definition) is 4. The van der Waals surface area contributed by atoms with E-state index in [1.807, 2.05) is 6.92 Å². The van der Waals surface area contributed by atoms with Gasteiger partial charge in [0, 0.05) is 13.5 Å². The Labute approximate surface area is 92.0 Å². The second kappa shape index (κ2) is 9.93. The van der Waals surface area contributed by atoms with E-state index in [0.29, 0.717) is 6.42 Å². The van der Waals surface area contributed by atoms with Crippen LogP contribution in [0.3, 0.4) is 0 Å². The molecule has 90 valence electrons. The summed E-state index contributed by atoms with van der Waals surface area (Å²) < 4.78 is 0. The van der Waals surface area contributed by atoms with Crippen LogP contribution in [-0.4, -0.2) is 24.2 Å². The number of carbonyl (C=O) groups is 1. The topological polar surface area (TPSA) is 58.6 Å². The Bertz CT molecular complexity index is 162. The molecule has 2 N–H and O–H groups in total. The number of aliphatic hydroxyl groups is 1. The molecule has 0 saturated heterocycles. The van der Waals surface area contributed by atoms with Crippen LogP contribution in [-0.2, 0) is 9.63 Å². The molecule has 0 aliphatic carbocycles. The third-order valence-electron chi connectivity index (χ3n) is 2.36. The van der Waals surface area contributed by atoms with Gasteiger partial charge in [-0.3, -0.25) is 4.79 Å². The van der Waals surface area contributed by atoms with Crippen LogP contribution in [0.1, 0.15) is 51.9 Å². The van der Waals surface area contributed by atoms with E-state index in [9.17, 15) is 9.90 Å². The Hall–Kier alpha value is -0.610. The number of hydrogen-bond donors (Lipinski definition) is 2. The standard InChI is InChI=1S/C11H23NO3/c1-3-10(13)8-6-4-5-7-9-11(14)15-12-2/h10,12-13H,3-9H2,1-2H3. The van der Waals surface area contributed by atoms with Gasteiger partial charge in [-0.15, -0.1) is 0 Å². The second-order valence-corrected chi connectivity index (χ2v) is 3.69. The number of unbranched alkanes of at least 4 members (excludes halogenated alkanes) is 3. The lowest BCUT2D eigenvalue weighted by Crippen LogP contribution is -2.14. The van der Waals surface area contributed by atoms with Crippen molar-refractivity contribution in [3.8, 4) is 0 Å². The average Bonchev–Trinajstić information content (AvgIpc) is 2.23. The minimum Gasteiger partial charge on any atom is -0.393 e. The number of nitrogens with one attached hydrogen (secondary N) is 1. The molecule has 1 unspecified atom stereocenters. The van der Waals surface area contributed by atoms with Gasteiger partial charge in [-0.05, 0) is 19.3 Å². The SMILES string of the molecule is CCC(O)CCCCCCC(=O)ONC. The Morgan fingerprint density at radius 3 is 2.60 bits per heavy atom. The first-order valence-electron chi connectivity index (χ1n) is 5.75. The zero-order chi connectivity index (χ0) is 11.5. The zero-order valence-corrected chi connectivity index (χ0v) is 9.79. The third kappa shape index (κ3) is 9.69. The Kier molecular flexibility index (Phi) is 9.52. The third-order valence-corrected chi connectivity index (χ3v) is 2.36. The van der Waals surface area contributed by atoms with E-state index in [0.717, 1.165) is 38.5 Å². The van der Waals surface area contributed by atoms with E-state index in [2.05, 4.69) is 10.3 Å². The van der Waals surface area contributed by atoms with Crippen LogP contribution in [0.2, 0.25) is 0 Å². The first kappa shape index (κ1) is 14.4. The Morgan fingerprint density at radius 2 is 2.00 bits per heavy atom. The largest absolute Gasteiger partial charge is 0.393 e. The van der Waals surface area contributed by atoms with Gasteiger partial charge < -0.3 is 9.94 Å². The molecular formula is C11H23NO3. The summed E-state index contributed by atoms with van der Waals surface area (Å²) in [5.41, 5.74) is 2.36. The van der Waals surface area contributed by atoms with Gasteiger partial charge >= 0.3 is 5.97 Å². The lowest BCUT2D eigenvalue weighted by Gasteiger charge is -2.06. The van der Waals surface area contributed by atoms with Gasteiger partial charge in [-0.1, -0.05) is 26.2 Å². The quantitative estimate of drug-likeness (QED) is 0.456. The molecule has 0 amide bonds. The summed E-state index contributed by atoms with van der Waals surface area (Å²) in [5, 5.41) is 9.29. The molecule has 15 heavy (non-hydrogen) atoms. The van der Waals surface area contributed by atoms with Gasteiger partial charge in [0.1, 0.15) is 0 Å². The molecule has 0 aromatic rings. The van der Waals surface area contributed by atoms with E-state index in [-0.39, 0.29) is 12.1 Å². The molecule has 0 spiro atoms. The van der Waals surface area contributed by atoms with Crippen molar-refractivity contribution in [1.29, 1.82) is 0 Å². The Morgan fingerprint density at radius 1 is 1.33 bits per heavy atom. The molecule has 0 heterocycles. The van der Waals surface area contributed by atoms with Crippen molar-refractivity contribution in [3.63, 3.8) is 0 Å². The van der Waals surface area contributed by atoms with Crippen molar-refractivity contribution < 1.29 is 14.7 Å². The van der Waals surface area contributed by atoms with Crippen LogP contribution < -0.4 is 5.48 Å². The average molecular weight is 217 g/mol. The molecule has 0 bridgehead atoms. The van der Waals surface area contributed by atoms with Crippen molar-refractivity contribution in [3.05, 3.63) is 0 Å². The van der Waals surface area contributed by atoms with Crippen LogP contribution in [0, 0.1) is 0 Å². The number of carbonyl (C=O) groups excluding carboxylic acids is 1.